The second-order valence-corrected chi connectivity index (χ2v) is 6.63. The third-order valence-electron chi connectivity index (χ3n) is 4.29. The van der Waals surface area contributed by atoms with Crippen molar-refractivity contribution in [1.29, 1.82) is 0 Å². The maximum Gasteiger partial charge on any atom is 0.230 e. The molecule has 7 heteroatoms. The smallest absolute Gasteiger partial charge is 0.230 e. The van der Waals surface area contributed by atoms with Gasteiger partial charge in [0.15, 0.2) is 0 Å². The molecule has 0 radical (unpaired) electrons. The minimum atomic E-state index is -0.494. The first-order valence-electron chi connectivity index (χ1n) is 7.38. The molecule has 0 atom stereocenters. The van der Waals surface area contributed by atoms with Crippen molar-refractivity contribution in [3.05, 3.63) is 28.2 Å². The van der Waals surface area contributed by atoms with Crippen LogP contribution in [0.15, 0.2) is 22.7 Å². The molecule has 5 nitrogen and oxygen atoms in total. The van der Waals surface area contributed by atoms with Crippen molar-refractivity contribution in [3.63, 3.8) is 0 Å². The van der Waals surface area contributed by atoms with Gasteiger partial charge in [-0.3, -0.25) is 4.79 Å². The summed E-state index contributed by atoms with van der Waals surface area (Å²) in [6.07, 6.45) is 1.37. The fraction of sp³-hybridized carbons (Fsp3) is 0.562. The Morgan fingerprint density at radius 2 is 2.09 bits per heavy atom. The average molecular weight is 408 g/mol. The van der Waals surface area contributed by atoms with Gasteiger partial charge >= 0.3 is 0 Å². The third-order valence-corrected chi connectivity index (χ3v) is 4.78. The molecule has 0 aromatic heterocycles. The molecule has 1 saturated heterocycles. The van der Waals surface area contributed by atoms with E-state index in [0.717, 1.165) is 15.8 Å². The molecule has 0 saturated carbocycles. The van der Waals surface area contributed by atoms with E-state index in [1.165, 1.54) is 0 Å². The van der Waals surface area contributed by atoms with E-state index < -0.39 is 5.41 Å². The molecule has 0 spiro atoms. The van der Waals surface area contributed by atoms with Gasteiger partial charge in [0.1, 0.15) is 5.75 Å². The number of hydrogen-bond donors (Lipinski definition) is 1. The van der Waals surface area contributed by atoms with Crippen LogP contribution < -0.4 is 10.5 Å². The zero-order valence-electron chi connectivity index (χ0n) is 13.5. The minimum absolute atomic E-state index is 0. The summed E-state index contributed by atoms with van der Waals surface area (Å²) >= 11 is 3.46. The monoisotopic (exact) mass is 406 g/mol. The van der Waals surface area contributed by atoms with Crippen molar-refractivity contribution in [1.82, 2.24) is 4.90 Å². The van der Waals surface area contributed by atoms with E-state index in [0.29, 0.717) is 39.1 Å². The predicted octanol–water partition coefficient (Wildman–Crippen LogP) is 2.59. The highest BCUT2D eigenvalue weighted by molar-refractivity contribution is 9.10. The molecule has 2 N–H and O–H groups in total. The lowest BCUT2D eigenvalue weighted by Gasteiger charge is -2.37. The second-order valence-electron chi connectivity index (χ2n) is 5.71. The second kappa shape index (κ2) is 8.87. The van der Waals surface area contributed by atoms with Crippen LogP contribution >= 0.6 is 28.3 Å². The van der Waals surface area contributed by atoms with E-state index in [1.807, 2.05) is 25.2 Å². The molecule has 0 aliphatic carbocycles. The van der Waals surface area contributed by atoms with E-state index in [-0.39, 0.29) is 18.3 Å². The number of methoxy groups -OCH3 is 1. The van der Waals surface area contributed by atoms with Gasteiger partial charge in [0, 0.05) is 43.4 Å². The number of nitrogens with two attached hydrogens (primary N) is 1. The first kappa shape index (κ1) is 20.2. The normalized spacial score (nSPS) is 16.3. The summed E-state index contributed by atoms with van der Waals surface area (Å²) < 4.78 is 11.7. The van der Waals surface area contributed by atoms with Crippen LogP contribution in [0.2, 0.25) is 0 Å². The Morgan fingerprint density at radius 1 is 1.43 bits per heavy atom. The topological polar surface area (TPSA) is 64.8 Å². The molecule has 23 heavy (non-hydrogen) atoms. The fourth-order valence-electron chi connectivity index (χ4n) is 2.87. The zero-order chi connectivity index (χ0) is 16.2. The Kier molecular flexibility index (Phi) is 7.80. The van der Waals surface area contributed by atoms with Gasteiger partial charge in [-0.15, -0.1) is 12.4 Å². The average Bonchev–Trinajstić information content (AvgIpc) is 2.55. The highest BCUT2D eigenvalue weighted by Crippen LogP contribution is 2.32. The molecule has 0 bridgehead atoms. The lowest BCUT2D eigenvalue weighted by molar-refractivity contribution is -0.146. The van der Waals surface area contributed by atoms with Crippen LogP contribution in [0.4, 0.5) is 0 Å². The predicted molar refractivity (Wildman–Crippen MR) is 96.0 cm³/mol. The molecular weight excluding hydrogens is 384 g/mol. The maximum atomic E-state index is 12.9. The summed E-state index contributed by atoms with van der Waals surface area (Å²) in [6, 6.07) is 5.79. The van der Waals surface area contributed by atoms with Crippen LogP contribution in [0, 0.1) is 5.41 Å². The molecule has 1 aromatic rings. The Hall–Kier alpha value is -0.820. The lowest BCUT2D eigenvalue weighted by Crippen LogP contribution is -2.49. The van der Waals surface area contributed by atoms with Gasteiger partial charge in [-0.2, -0.15) is 0 Å². The van der Waals surface area contributed by atoms with Gasteiger partial charge in [0.05, 0.1) is 12.5 Å². The number of ether oxygens (including phenoxy) is 2. The minimum Gasteiger partial charge on any atom is -0.496 e. The Labute approximate surface area is 152 Å². The van der Waals surface area contributed by atoms with Crippen LogP contribution in [0.25, 0.3) is 0 Å². The first-order chi connectivity index (χ1) is 10.5. The van der Waals surface area contributed by atoms with E-state index in [9.17, 15) is 4.79 Å². The van der Waals surface area contributed by atoms with Crippen molar-refractivity contribution in [3.8, 4) is 5.75 Å². The first-order valence-corrected chi connectivity index (χ1v) is 8.17. The highest BCUT2D eigenvalue weighted by Gasteiger charge is 2.40. The summed E-state index contributed by atoms with van der Waals surface area (Å²) in [6.45, 7) is 2.03. The van der Waals surface area contributed by atoms with Gasteiger partial charge in [-0.05, 0) is 31.0 Å². The molecular formula is C16H24BrClN2O3. The lowest BCUT2D eigenvalue weighted by atomic mass is 9.79. The molecule has 2 rings (SSSR count). The number of carbonyl (C=O) groups excluding carboxylic acids is 1. The largest absolute Gasteiger partial charge is 0.496 e. The van der Waals surface area contributed by atoms with Crippen molar-refractivity contribution in [2.45, 2.75) is 19.4 Å². The van der Waals surface area contributed by atoms with Gasteiger partial charge in [0.2, 0.25) is 5.91 Å². The number of carbonyl (C=O) groups is 1. The number of rotatable bonds is 5. The zero-order valence-corrected chi connectivity index (χ0v) is 15.9. The van der Waals surface area contributed by atoms with E-state index in [4.69, 9.17) is 15.2 Å². The van der Waals surface area contributed by atoms with E-state index in [1.54, 1.807) is 12.0 Å². The van der Waals surface area contributed by atoms with Crippen LogP contribution in [-0.4, -0.2) is 44.7 Å². The summed E-state index contributed by atoms with van der Waals surface area (Å²) in [5, 5.41) is 0. The molecule has 1 fully saturated rings. The van der Waals surface area contributed by atoms with E-state index in [2.05, 4.69) is 15.9 Å². The highest BCUT2D eigenvalue weighted by atomic mass is 79.9. The summed E-state index contributed by atoms with van der Waals surface area (Å²) in [7, 11) is 3.45. The summed E-state index contributed by atoms with van der Waals surface area (Å²) in [5.74, 6) is 0.858. The van der Waals surface area contributed by atoms with Gasteiger partial charge in [-0.25, -0.2) is 0 Å². The quantitative estimate of drug-likeness (QED) is 0.815. The van der Waals surface area contributed by atoms with Gasteiger partial charge in [-0.1, -0.05) is 15.9 Å². The van der Waals surface area contributed by atoms with Crippen LogP contribution in [-0.2, 0) is 16.1 Å². The Morgan fingerprint density at radius 3 is 2.65 bits per heavy atom. The van der Waals surface area contributed by atoms with Crippen LogP contribution in [0.1, 0.15) is 18.4 Å². The molecule has 0 unspecified atom stereocenters. The summed E-state index contributed by atoms with van der Waals surface area (Å²) in [4.78, 5) is 14.6. The SMILES string of the molecule is COc1ccc(Br)cc1CN(C)C(=O)C1(CN)CCOCC1.Cl. The van der Waals surface area contributed by atoms with Crippen LogP contribution in [0.5, 0.6) is 5.75 Å². The Balaban J connectivity index is 0.00000264. The fourth-order valence-corrected chi connectivity index (χ4v) is 3.28. The van der Waals surface area contributed by atoms with Crippen LogP contribution in [0.3, 0.4) is 0 Å². The number of amides is 1. The van der Waals surface area contributed by atoms with Gasteiger partial charge in [0.25, 0.3) is 0 Å². The third kappa shape index (κ3) is 4.59. The molecule has 1 aromatic carbocycles. The number of halogens is 2. The molecule has 1 aliphatic rings. The van der Waals surface area contributed by atoms with Crippen molar-refractivity contribution in [2.24, 2.45) is 11.1 Å². The molecule has 130 valence electrons. The molecule has 1 amide bonds. The number of nitrogens with zero attached hydrogens (tertiary/aromatic N) is 1. The van der Waals surface area contributed by atoms with Crippen molar-refractivity contribution < 1.29 is 14.3 Å². The van der Waals surface area contributed by atoms with Crippen molar-refractivity contribution in [2.75, 3.05) is 33.9 Å². The summed E-state index contributed by atoms with van der Waals surface area (Å²) in [5.41, 5.74) is 6.39. The number of benzene rings is 1. The standard InChI is InChI=1S/C16H23BrN2O3.ClH/c1-19(10-12-9-13(17)3-4-14(12)21-2)15(20)16(11-18)5-7-22-8-6-16;/h3-4,9H,5-8,10-11,18H2,1-2H3;1H. The maximum absolute atomic E-state index is 12.9. The number of hydrogen-bond acceptors (Lipinski definition) is 4. The van der Waals surface area contributed by atoms with Gasteiger partial charge < -0.3 is 20.1 Å². The van der Waals surface area contributed by atoms with Crippen molar-refractivity contribution >= 4 is 34.2 Å². The Bertz CT molecular complexity index is 536. The molecule has 1 aliphatic heterocycles. The van der Waals surface area contributed by atoms with E-state index >= 15 is 0 Å². The molecule has 1 heterocycles.